The normalized spacial score (nSPS) is 17.7. The molecule has 1 aliphatic rings. The van der Waals surface area contributed by atoms with Crippen LogP contribution in [0.4, 0.5) is 0 Å². The number of aryl methyl sites for hydroxylation is 1. The van der Waals surface area contributed by atoms with Crippen LogP contribution in [0.15, 0.2) is 24.3 Å². The fourth-order valence-corrected chi connectivity index (χ4v) is 3.19. The lowest BCUT2D eigenvalue weighted by molar-refractivity contribution is -0.137. The van der Waals surface area contributed by atoms with Gasteiger partial charge in [-0.25, -0.2) is 8.42 Å². The first-order chi connectivity index (χ1) is 8.96. The molecular weight excluding hydrogens is 268 g/mol. The van der Waals surface area contributed by atoms with E-state index < -0.39 is 15.8 Å². The van der Waals surface area contributed by atoms with Crippen molar-refractivity contribution < 1.29 is 23.1 Å². The van der Waals surface area contributed by atoms with E-state index in [1.165, 1.54) is 0 Å². The van der Waals surface area contributed by atoms with Gasteiger partial charge in [0.2, 0.25) is 0 Å². The highest BCUT2D eigenvalue weighted by atomic mass is 32.2. The van der Waals surface area contributed by atoms with Crippen molar-refractivity contribution >= 4 is 15.8 Å². The topological polar surface area (TPSA) is 80.7 Å². The molecule has 0 unspecified atom stereocenters. The molecule has 0 amide bonds. The highest BCUT2D eigenvalue weighted by molar-refractivity contribution is 7.92. The van der Waals surface area contributed by atoms with Crippen molar-refractivity contribution in [2.75, 3.05) is 11.5 Å². The molecule has 1 fully saturated rings. The number of sulfone groups is 1. The summed E-state index contributed by atoms with van der Waals surface area (Å²) >= 11 is 0. The van der Waals surface area contributed by atoms with Crippen LogP contribution in [0, 0.1) is 0 Å². The summed E-state index contributed by atoms with van der Waals surface area (Å²) in [6.07, 6.45) is 0.998. The highest BCUT2D eigenvalue weighted by Crippen LogP contribution is 2.24. The van der Waals surface area contributed by atoms with Crippen molar-refractivity contribution in [1.82, 2.24) is 0 Å². The molecule has 0 radical (unpaired) electrons. The second-order valence-electron chi connectivity index (χ2n) is 4.67. The van der Waals surface area contributed by atoms with E-state index in [2.05, 4.69) is 0 Å². The Kier molecular flexibility index (Phi) is 4.09. The Morgan fingerprint density at radius 1 is 1.32 bits per heavy atom. The number of benzene rings is 1. The van der Waals surface area contributed by atoms with Gasteiger partial charge >= 0.3 is 5.97 Å². The largest absolute Gasteiger partial charge is 0.488 e. The number of carbonyl (C=O) groups is 1. The van der Waals surface area contributed by atoms with Crippen LogP contribution in [0.1, 0.15) is 18.4 Å². The Morgan fingerprint density at radius 2 is 2.00 bits per heavy atom. The third kappa shape index (κ3) is 3.96. The molecule has 0 saturated carbocycles. The first kappa shape index (κ1) is 13.9. The van der Waals surface area contributed by atoms with E-state index in [0.717, 1.165) is 5.56 Å². The van der Waals surface area contributed by atoms with Gasteiger partial charge in [-0.2, -0.15) is 0 Å². The molecule has 1 aromatic rings. The van der Waals surface area contributed by atoms with Crippen molar-refractivity contribution in [3.05, 3.63) is 29.8 Å². The van der Waals surface area contributed by atoms with Gasteiger partial charge in [-0.3, -0.25) is 4.79 Å². The van der Waals surface area contributed by atoms with Crippen molar-refractivity contribution in [3.8, 4) is 5.75 Å². The van der Waals surface area contributed by atoms with Crippen LogP contribution < -0.4 is 4.74 Å². The van der Waals surface area contributed by atoms with E-state index >= 15 is 0 Å². The molecule has 0 spiro atoms. The minimum Gasteiger partial charge on any atom is -0.488 e. The van der Waals surface area contributed by atoms with Gasteiger partial charge in [-0.1, -0.05) is 18.2 Å². The summed E-state index contributed by atoms with van der Waals surface area (Å²) < 4.78 is 27.8. The number of aliphatic carboxylic acids is 1. The molecule has 1 heterocycles. The summed E-state index contributed by atoms with van der Waals surface area (Å²) in [5.74, 6) is -0.0244. The molecule has 1 aromatic carbocycles. The Bertz CT molecular complexity index is 552. The molecule has 0 aromatic heterocycles. The molecule has 0 aliphatic carbocycles. The van der Waals surface area contributed by atoms with Crippen LogP contribution in [0.5, 0.6) is 5.75 Å². The van der Waals surface area contributed by atoms with E-state index in [4.69, 9.17) is 9.84 Å². The number of rotatable bonds is 6. The Hall–Kier alpha value is -1.56. The van der Waals surface area contributed by atoms with Crippen molar-refractivity contribution in [1.29, 1.82) is 0 Å². The third-order valence-electron chi connectivity index (χ3n) is 2.98. The molecule has 5 nitrogen and oxygen atoms in total. The van der Waals surface area contributed by atoms with E-state index in [9.17, 15) is 13.2 Å². The summed E-state index contributed by atoms with van der Waals surface area (Å²) in [6, 6.07) is 7.36. The molecule has 19 heavy (non-hydrogen) atoms. The maximum atomic E-state index is 11.1. The van der Waals surface area contributed by atoms with Gasteiger partial charge in [0.25, 0.3) is 0 Å². The smallest absolute Gasteiger partial charge is 0.303 e. The molecule has 1 saturated heterocycles. The average molecular weight is 284 g/mol. The SMILES string of the molecule is O=C(O)CCCc1ccccc1OC1CS(=O)(=O)C1. The number of hydrogen-bond donors (Lipinski definition) is 1. The highest BCUT2D eigenvalue weighted by Gasteiger charge is 2.35. The quantitative estimate of drug-likeness (QED) is 0.851. The van der Waals surface area contributed by atoms with Gasteiger partial charge in [0.15, 0.2) is 9.84 Å². The van der Waals surface area contributed by atoms with E-state index in [1.54, 1.807) is 6.07 Å². The minimum absolute atomic E-state index is 0.0659. The lowest BCUT2D eigenvalue weighted by Gasteiger charge is -2.27. The second-order valence-corrected chi connectivity index (χ2v) is 6.83. The van der Waals surface area contributed by atoms with Gasteiger partial charge in [0.05, 0.1) is 11.5 Å². The summed E-state index contributed by atoms with van der Waals surface area (Å²) in [6.45, 7) is 0. The van der Waals surface area contributed by atoms with Gasteiger partial charge in [0, 0.05) is 6.42 Å². The first-order valence-corrected chi connectivity index (χ1v) is 7.95. The average Bonchev–Trinajstić information content (AvgIpc) is 2.28. The summed E-state index contributed by atoms with van der Waals surface area (Å²) in [7, 11) is -2.89. The first-order valence-electron chi connectivity index (χ1n) is 6.13. The number of carboxylic acid groups (broad SMARTS) is 1. The maximum absolute atomic E-state index is 11.1. The standard InChI is InChI=1S/C13H16O5S/c14-13(15)7-3-5-10-4-1-2-6-12(10)18-11-8-19(16,17)9-11/h1-2,4,6,11H,3,5,7-9H2,(H,14,15). The van der Waals surface area contributed by atoms with Crippen molar-refractivity contribution in [2.24, 2.45) is 0 Å². The molecule has 104 valence electrons. The Labute approximate surface area is 112 Å². The van der Waals surface area contributed by atoms with Gasteiger partial charge < -0.3 is 9.84 Å². The molecule has 0 atom stereocenters. The Morgan fingerprint density at radius 3 is 2.63 bits per heavy atom. The summed E-state index contributed by atoms with van der Waals surface area (Å²) in [4.78, 5) is 10.5. The fraction of sp³-hybridized carbons (Fsp3) is 0.462. The number of hydrogen-bond acceptors (Lipinski definition) is 4. The molecule has 1 N–H and O–H groups in total. The zero-order valence-corrected chi connectivity index (χ0v) is 11.2. The van der Waals surface area contributed by atoms with Crippen LogP contribution >= 0.6 is 0 Å². The van der Waals surface area contributed by atoms with Crippen LogP contribution in [-0.2, 0) is 21.1 Å². The van der Waals surface area contributed by atoms with E-state index in [1.807, 2.05) is 18.2 Å². The zero-order valence-electron chi connectivity index (χ0n) is 10.4. The van der Waals surface area contributed by atoms with Crippen molar-refractivity contribution in [3.63, 3.8) is 0 Å². The van der Waals surface area contributed by atoms with Gasteiger partial charge in [0.1, 0.15) is 11.9 Å². The van der Waals surface area contributed by atoms with E-state index in [-0.39, 0.29) is 24.0 Å². The van der Waals surface area contributed by atoms with Crippen LogP contribution in [0.2, 0.25) is 0 Å². The summed E-state index contributed by atoms with van der Waals surface area (Å²) in [5.41, 5.74) is 0.924. The summed E-state index contributed by atoms with van der Waals surface area (Å²) in [5, 5.41) is 8.61. The lowest BCUT2D eigenvalue weighted by atomic mass is 10.1. The maximum Gasteiger partial charge on any atom is 0.303 e. The lowest BCUT2D eigenvalue weighted by Crippen LogP contribution is -2.45. The predicted molar refractivity (Wildman–Crippen MR) is 70.1 cm³/mol. The van der Waals surface area contributed by atoms with Crippen LogP contribution in [0.3, 0.4) is 0 Å². The van der Waals surface area contributed by atoms with Crippen LogP contribution in [0.25, 0.3) is 0 Å². The van der Waals surface area contributed by atoms with Crippen molar-refractivity contribution in [2.45, 2.75) is 25.4 Å². The number of ether oxygens (including phenoxy) is 1. The molecule has 2 rings (SSSR count). The minimum atomic E-state index is -2.89. The second kappa shape index (κ2) is 5.61. The molecular formula is C13H16O5S. The molecule has 1 aliphatic heterocycles. The third-order valence-corrected chi connectivity index (χ3v) is 4.74. The Balaban J connectivity index is 1.94. The number of para-hydroxylation sites is 1. The number of carboxylic acids is 1. The molecule has 0 bridgehead atoms. The van der Waals surface area contributed by atoms with Gasteiger partial charge in [-0.05, 0) is 24.5 Å². The zero-order chi connectivity index (χ0) is 13.9. The monoisotopic (exact) mass is 284 g/mol. The van der Waals surface area contributed by atoms with E-state index in [0.29, 0.717) is 18.6 Å². The van der Waals surface area contributed by atoms with Gasteiger partial charge in [-0.15, -0.1) is 0 Å². The van der Waals surface area contributed by atoms with Crippen LogP contribution in [-0.4, -0.2) is 37.1 Å². The fourth-order valence-electron chi connectivity index (χ4n) is 2.02. The molecule has 6 heteroatoms. The predicted octanol–water partition coefficient (Wildman–Crippen LogP) is 1.27.